The van der Waals surface area contributed by atoms with Crippen LogP contribution in [0.1, 0.15) is 39.5 Å². The van der Waals surface area contributed by atoms with E-state index in [9.17, 15) is 9.90 Å². The van der Waals surface area contributed by atoms with E-state index < -0.39 is 17.9 Å². The topological polar surface area (TPSA) is 65.0 Å². The van der Waals surface area contributed by atoms with Crippen molar-refractivity contribution in [2.24, 2.45) is 23.7 Å². The predicted molar refractivity (Wildman–Crippen MR) is 63.5 cm³/mol. The van der Waals surface area contributed by atoms with Gasteiger partial charge in [0.2, 0.25) is 5.79 Å². The number of aliphatic hydroxyl groups is 1. The van der Waals surface area contributed by atoms with Gasteiger partial charge < -0.3 is 19.3 Å². The molecule has 1 saturated carbocycles. The van der Waals surface area contributed by atoms with Crippen molar-refractivity contribution in [3.8, 4) is 0 Å². The predicted octanol–water partition coefficient (Wildman–Crippen LogP) is 1.39. The summed E-state index contributed by atoms with van der Waals surface area (Å²) in [4.78, 5) is 11.9. The molecule has 7 atom stereocenters. The molecule has 106 valence electrons. The number of aliphatic hydroxyl groups excluding tert-OH is 1. The van der Waals surface area contributed by atoms with Crippen LogP contribution in [0.25, 0.3) is 0 Å². The van der Waals surface area contributed by atoms with Gasteiger partial charge in [-0.3, -0.25) is 4.79 Å². The molecule has 5 heteroatoms. The molecule has 3 aliphatic heterocycles. The molecule has 19 heavy (non-hydrogen) atoms. The Morgan fingerprint density at radius 3 is 2.95 bits per heavy atom. The first-order valence-corrected chi connectivity index (χ1v) is 7.30. The summed E-state index contributed by atoms with van der Waals surface area (Å²) >= 11 is 0. The fourth-order valence-electron chi connectivity index (χ4n) is 4.87. The largest absolute Gasteiger partial charge is 0.433 e. The number of carbonyl (C=O) groups excluding carboxylic acids is 1. The molecule has 1 N–H and O–H groups in total. The molecule has 0 unspecified atom stereocenters. The van der Waals surface area contributed by atoms with E-state index in [1.54, 1.807) is 0 Å². The molecular formula is C14H20O5. The highest BCUT2D eigenvalue weighted by Crippen LogP contribution is 2.68. The van der Waals surface area contributed by atoms with Crippen molar-refractivity contribution in [2.45, 2.75) is 57.4 Å². The van der Waals surface area contributed by atoms with E-state index in [-0.39, 0.29) is 29.6 Å². The maximum absolute atomic E-state index is 11.9. The van der Waals surface area contributed by atoms with E-state index in [1.165, 1.54) is 0 Å². The van der Waals surface area contributed by atoms with Crippen LogP contribution in [0.5, 0.6) is 0 Å². The molecule has 0 aromatic heterocycles. The average Bonchev–Trinajstić information content (AvgIpc) is 2.97. The minimum atomic E-state index is -0.852. The molecule has 0 spiro atoms. The number of hydrogen-bond donors (Lipinski definition) is 1. The molecule has 1 aliphatic carbocycles. The van der Waals surface area contributed by atoms with Crippen molar-refractivity contribution in [1.29, 1.82) is 0 Å². The van der Waals surface area contributed by atoms with E-state index >= 15 is 0 Å². The van der Waals surface area contributed by atoms with Gasteiger partial charge in [-0.2, -0.15) is 0 Å². The van der Waals surface area contributed by atoms with Crippen molar-refractivity contribution >= 4 is 5.97 Å². The van der Waals surface area contributed by atoms with Crippen molar-refractivity contribution in [2.75, 3.05) is 0 Å². The number of ether oxygens (including phenoxy) is 3. The molecule has 5 nitrogen and oxygen atoms in total. The smallest absolute Gasteiger partial charge is 0.312 e. The lowest BCUT2D eigenvalue weighted by Gasteiger charge is -2.31. The summed E-state index contributed by atoms with van der Waals surface area (Å²) in [5.41, 5.74) is 0. The van der Waals surface area contributed by atoms with Crippen LogP contribution >= 0.6 is 0 Å². The van der Waals surface area contributed by atoms with E-state index in [4.69, 9.17) is 14.2 Å². The quantitative estimate of drug-likeness (QED) is 0.784. The first kappa shape index (κ1) is 12.1. The minimum absolute atomic E-state index is 0.0153. The van der Waals surface area contributed by atoms with Crippen LogP contribution in [0.4, 0.5) is 0 Å². The first-order chi connectivity index (χ1) is 9.01. The molecule has 4 rings (SSSR count). The molecule has 4 aliphatic rings. The third kappa shape index (κ3) is 1.29. The molecule has 0 radical (unpaired) electrons. The van der Waals surface area contributed by atoms with Gasteiger partial charge in [0, 0.05) is 31.1 Å². The summed E-state index contributed by atoms with van der Waals surface area (Å²) < 4.78 is 17.4. The highest BCUT2D eigenvalue weighted by atomic mass is 16.8. The lowest BCUT2D eigenvalue weighted by Crippen LogP contribution is -2.38. The molecule has 3 saturated heterocycles. The van der Waals surface area contributed by atoms with Gasteiger partial charge in [0.15, 0.2) is 12.1 Å². The Hall–Kier alpha value is -0.650. The van der Waals surface area contributed by atoms with Crippen LogP contribution in [0.3, 0.4) is 0 Å². The second-order valence-corrected chi connectivity index (χ2v) is 6.52. The van der Waals surface area contributed by atoms with Crippen LogP contribution in [-0.4, -0.2) is 28.9 Å². The van der Waals surface area contributed by atoms with Crippen LogP contribution in [0.2, 0.25) is 0 Å². The van der Waals surface area contributed by atoms with Crippen LogP contribution in [-0.2, 0) is 19.0 Å². The fourth-order valence-corrected chi connectivity index (χ4v) is 4.87. The van der Waals surface area contributed by atoms with Crippen LogP contribution in [0.15, 0.2) is 0 Å². The zero-order valence-electron chi connectivity index (χ0n) is 11.3. The summed E-state index contributed by atoms with van der Waals surface area (Å²) in [6.07, 6.45) is 2.66. The zero-order valence-corrected chi connectivity index (χ0v) is 11.3. The molecule has 0 aromatic rings. The van der Waals surface area contributed by atoms with E-state index in [0.717, 1.165) is 19.3 Å². The number of rotatable bonds is 3. The summed E-state index contributed by atoms with van der Waals surface area (Å²) in [7, 11) is 0. The zero-order chi connectivity index (χ0) is 13.4. The average molecular weight is 268 g/mol. The van der Waals surface area contributed by atoms with Gasteiger partial charge in [-0.05, 0) is 12.8 Å². The lowest BCUT2D eigenvalue weighted by molar-refractivity contribution is -0.324. The van der Waals surface area contributed by atoms with Crippen LogP contribution < -0.4 is 0 Å². The van der Waals surface area contributed by atoms with E-state index in [1.807, 2.05) is 6.92 Å². The van der Waals surface area contributed by atoms with E-state index in [2.05, 4.69) is 6.92 Å². The maximum atomic E-state index is 11.9. The van der Waals surface area contributed by atoms with Crippen LogP contribution in [0, 0.1) is 23.7 Å². The van der Waals surface area contributed by atoms with Gasteiger partial charge >= 0.3 is 5.97 Å². The second-order valence-electron chi connectivity index (χ2n) is 6.52. The number of hydrogen-bond acceptors (Lipinski definition) is 5. The maximum Gasteiger partial charge on any atom is 0.312 e. The summed E-state index contributed by atoms with van der Waals surface area (Å²) in [6.45, 7) is 3.97. The Labute approximate surface area is 112 Å². The summed E-state index contributed by atoms with van der Waals surface area (Å²) in [5, 5.41) is 10.1. The Bertz CT molecular complexity index is 438. The molecule has 3 heterocycles. The fraction of sp³-hybridized carbons (Fsp3) is 0.929. The van der Waals surface area contributed by atoms with E-state index in [0.29, 0.717) is 6.42 Å². The van der Waals surface area contributed by atoms with Crippen molar-refractivity contribution in [3.05, 3.63) is 0 Å². The summed E-state index contributed by atoms with van der Waals surface area (Å²) in [5.74, 6) is -1.74. The highest BCUT2D eigenvalue weighted by molar-refractivity contribution is 5.76. The molecule has 4 fully saturated rings. The second kappa shape index (κ2) is 3.51. The lowest BCUT2D eigenvalue weighted by atomic mass is 9.81. The first-order valence-electron chi connectivity index (χ1n) is 7.30. The standard InChI is InChI=1S/C14H20O5/c1-3-4-5-14-10-8(12(16)18-14)6-7-9(10)13(2,19-14)17-11(7)15/h7-10,12,16H,3-6H2,1-2H3/t7-,8+,9-,10+,12+,13+,14-/m0/s1. The van der Waals surface area contributed by atoms with Crippen molar-refractivity contribution < 1.29 is 24.1 Å². The Balaban J connectivity index is 1.74. The highest BCUT2D eigenvalue weighted by Gasteiger charge is 2.78. The van der Waals surface area contributed by atoms with Gasteiger partial charge in [0.05, 0.1) is 5.92 Å². The molecule has 0 aromatic carbocycles. The van der Waals surface area contributed by atoms with Gasteiger partial charge in [-0.1, -0.05) is 13.3 Å². The number of esters is 1. The van der Waals surface area contributed by atoms with Gasteiger partial charge in [0.25, 0.3) is 0 Å². The van der Waals surface area contributed by atoms with Crippen molar-refractivity contribution in [1.82, 2.24) is 0 Å². The third-order valence-electron chi connectivity index (χ3n) is 5.47. The normalized spacial score (nSPS) is 57.6. The number of unbranched alkanes of at least 4 members (excludes halogenated alkanes) is 1. The Kier molecular flexibility index (Phi) is 2.24. The molecule has 0 bridgehead atoms. The summed E-state index contributed by atoms with van der Waals surface area (Å²) in [6, 6.07) is 0. The molecule has 0 amide bonds. The van der Waals surface area contributed by atoms with Gasteiger partial charge in [-0.25, -0.2) is 0 Å². The number of carbonyl (C=O) groups is 1. The SMILES string of the molecule is CCCC[C@]12O[C@@H](O)[C@@H]3C[C@@H]4C(=O)O[C@](C)(O1)[C@@H]4[C@@H]32. The third-order valence-corrected chi connectivity index (χ3v) is 5.47. The van der Waals surface area contributed by atoms with Gasteiger partial charge in [0.1, 0.15) is 0 Å². The Morgan fingerprint density at radius 1 is 1.42 bits per heavy atom. The van der Waals surface area contributed by atoms with Crippen molar-refractivity contribution in [3.63, 3.8) is 0 Å². The Morgan fingerprint density at radius 2 is 2.21 bits per heavy atom. The van der Waals surface area contributed by atoms with Gasteiger partial charge in [-0.15, -0.1) is 0 Å². The minimum Gasteiger partial charge on any atom is -0.433 e. The monoisotopic (exact) mass is 268 g/mol. The molecular weight excluding hydrogens is 248 g/mol.